The zero-order valence-electron chi connectivity index (χ0n) is 82.3. The van der Waals surface area contributed by atoms with Gasteiger partial charge in [0.25, 0.3) is 23.6 Å². The van der Waals surface area contributed by atoms with Gasteiger partial charge in [-0.15, -0.1) is 11.3 Å². The predicted octanol–water partition coefficient (Wildman–Crippen LogP) is 7.96. The third kappa shape index (κ3) is 36.5. The van der Waals surface area contributed by atoms with Gasteiger partial charge in [0.05, 0.1) is 42.3 Å². The number of methoxy groups -OCH3 is 2. The maximum atomic E-state index is 14.9. The molecule has 14 N–H and O–H groups in total. The van der Waals surface area contributed by atoms with Gasteiger partial charge in [0, 0.05) is 139 Å². The van der Waals surface area contributed by atoms with Crippen molar-refractivity contribution < 1.29 is 101 Å². The smallest absolute Gasteiger partial charge is 0.410 e. The molecular weight excluding hydrogens is 1800 g/mol. The Balaban J connectivity index is 0.000000592. The number of Topliss-reactive ketones (excluding diaryl/α,β-unsaturated/α-hetero) is 1. The van der Waals surface area contributed by atoms with Crippen molar-refractivity contribution in [2.24, 2.45) is 47.0 Å². The molecule has 13 atom stereocenters. The van der Waals surface area contributed by atoms with Crippen LogP contribution < -0.4 is 59.3 Å². The third-order valence-electron chi connectivity index (χ3n) is 24.9. The van der Waals surface area contributed by atoms with Crippen molar-refractivity contribution in [2.75, 3.05) is 71.7 Å². The van der Waals surface area contributed by atoms with E-state index in [9.17, 15) is 86.6 Å². The lowest BCUT2D eigenvalue weighted by Gasteiger charge is -2.41. The number of nitrogens with zero attached hydrogens (tertiary/aromatic N) is 6. The van der Waals surface area contributed by atoms with E-state index < -0.39 is 126 Å². The van der Waals surface area contributed by atoms with Crippen LogP contribution in [0.4, 0.5) is 25.8 Å². The maximum absolute atomic E-state index is 14.9. The molecule has 3 aliphatic rings. The van der Waals surface area contributed by atoms with Crippen LogP contribution in [-0.4, -0.2) is 257 Å². The van der Waals surface area contributed by atoms with Crippen LogP contribution in [0.15, 0.2) is 115 Å². The molecule has 1 saturated heterocycles. The topological polar surface area (TPSA) is 528 Å². The molecule has 4 aromatic rings. The Hall–Kier alpha value is -12.4. The summed E-state index contributed by atoms with van der Waals surface area (Å²) in [5.41, 5.74) is 13.5. The molecule has 0 spiro atoms. The molecule has 138 heavy (non-hydrogen) atoms. The first kappa shape index (κ1) is 114. The van der Waals surface area contributed by atoms with Crippen molar-refractivity contribution in [2.45, 2.75) is 271 Å². The van der Waals surface area contributed by atoms with E-state index in [1.54, 1.807) is 120 Å². The summed E-state index contributed by atoms with van der Waals surface area (Å²) in [6.45, 7) is 21.0. The van der Waals surface area contributed by atoms with Crippen LogP contribution in [0.5, 0.6) is 0 Å². The summed E-state index contributed by atoms with van der Waals surface area (Å²) >= 11 is 1.53. The van der Waals surface area contributed by atoms with Crippen LogP contribution in [0.1, 0.15) is 213 Å². The summed E-state index contributed by atoms with van der Waals surface area (Å²) in [6, 6.07) is 14.5. The van der Waals surface area contributed by atoms with Gasteiger partial charge < -0.3 is 88.4 Å². The molecule has 758 valence electrons. The van der Waals surface area contributed by atoms with Gasteiger partial charge in [0.1, 0.15) is 48.6 Å². The SMILES string of the molecule is CC(C)[C@H](NC(=O)CCCCCN1C(=O)C=CC1=O)C(=O)N[C@@H](CCCNC(N)=O)C(=O)Nc1ccc(CO)cc1.CC[C@H](C)[C@@H]([C@@H](CC(=O)N1CCC[C@H]1[C@H](OC)[C@@H](C)C(=O)C[C@@H](Cc1ccccc1)c1nccs1)OC)N(C)C(=O)[C@@H](NC(=O)[C@H](C(C)C)N(C)C(=O)OCc1ccc(NC(=O)[C@H](CCCNC(N)=O)NC(=O)[C@@H](NC(=O)CCCCCN2C(=O)C=CC2=O)C(C)C)cc1)C(C)C. The van der Waals surface area contributed by atoms with E-state index in [4.69, 9.17) is 25.7 Å². The quantitative estimate of drug-likeness (QED) is 0.0147. The lowest BCUT2D eigenvalue weighted by Crippen LogP contribution is -2.60. The van der Waals surface area contributed by atoms with Crippen molar-refractivity contribution in [3.8, 4) is 0 Å². The van der Waals surface area contributed by atoms with Crippen molar-refractivity contribution in [1.82, 2.24) is 66.7 Å². The number of carbonyl (C=O) groups is 17. The summed E-state index contributed by atoms with van der Waals surface area (Å²) in [4.78, 5) is 232. The van der Waals surface area contributed by atoms with Crippen LogP contribution in [0, 0.1) is 35.5 Å². The van der Waals surface area contributed by atoms with Crippen molar-refractivity contribution in [3.05, 3.63) is 136 Å². The Kier molecular flexibility index (Phi) is 48.4. The molecule has 0 saturated carbocycles. The third-order valence-corrected chi connectivity index (χ3v) is 25.8. The molecule has 0 aliphatic carbocycles. The monoisotopic (exact) mass is 1940 g/mol. The van der Waals surface area contributed by atoms with Crippen LogP contribution >= 0.6 is 11.3 Å². The Morgan fingerprint density at radius 3 is 1.46 bits per heavy atom. The second-order valence-corrected chi connectivity index (χ2v) is 37.6. The lowest BCUT2D eigenvalue weighted by atomic mass is 9.85. The number of ether oxygens (including phenoxy) is 3. The predicted molar refractivity (Wildman–Crippen MR) is 520 cm³/mol. The first-order valence-corrected chi connectivity index (χ1v) is 48.5. The Labute approximate surface area is 813 Å². The number of amides is 18. The first-order valence-electron chi connectivity index (χ1n) is 47.6. The van der Waals surface area contributed by atoms with Crippen LogP contribution in [0.3, 0.4) is 0 Å². The molecule has 0 radical (unpaired) electrons. The molecular formula is C99H145N17O21S. The Bertz CT molecular complexity index is 4730. The van der Waals surface area contributed by atoms with Gasteiger partial charge in [-0.2, -0.15) is 0 Å². The highest BCUT2D eigenvalue weighted by molar-refractivity contribution is 7.09. The van der Waals surface area contributed by atoms with E-state index >= 15 is 0 Å². The summed E-state index contributed by atoms with van der Waals surface area (Å²) in [7, 11) is 6.21. The number of anilines is 2. The van der Waals surface area contributed by atoms with Gasteiger partial charge in [-0.3, -0.25) is 81.8 Å². The number of hydrogen-bond acceptors (Lipinski definition) is 23. The number of rotatable bonds is 57. The summed E-state index contributed by atoms with van der Waals surface area (Å²) < 4.78 is 18.0. The molecule has 3 aromatic carbocycles. The Morgan fingerprint density at radius 1 is 0.543 bits per heavy atom. The molecule has 38 nitrogen and oxygen atoms in total. The van der Waals surface area contributed by atoms with E-state index in [1.807, 2.05) is 58.2 Å². The fraction of sp³-hybridized carbons (Fsp3) is 0.576. The number of nitrogens with two attached hydrogens (primary N) is 2. The molecule has 1 aromatic heterocycles. The Morgan fingerprint density at radius 2 is 1.03 bits per heavy atom. The number of aliphatic hydroxyl groups excluding tert-OH is 1. The van der Waals surface area contributed by atoms with Crippen molar-refractivity contribution in [1.29, 1.82) is 0 Å². The van der Waals surface area contributed by atoms with E-state index in [1.165, 1.54) is 54.7 Å². The van der Waals surface area contributed by atoms with Gasteiger partial charge in [-0.25, -0.2) is 19.4 Å². The fourth-order valence-corrected chi connectivity index (χ4v) is 17.6. The minimum Gasteiger partial charge on any atom is -0.445 e. The number of thiazole rings is 1. The summed E-state index contributed by atoms with van der Waals surface area (Å²) in [5.74, 6) is -7.78. The number of imide groups is 2. The largest absolute Gasteiger partial charge is 0.445 e. The minimum atomic E-state index is -1.11. The highest BCUT2D eigenvalue weighted by Gasteiger charge is 2.45. The van der Waals surface area contributed by atoms with Gasteiger partial charge in [-0.1, -0.05) is 150 Å². The van der Waals surface area contributed by atoms with Crippen LogP contribution in [-0.2, 0) is 101 Å². The number of unbranched alkanes of at least 4 members (excludes halogenated alkanes) is 4. The highest BCUT2D eigenvalue weighted by Crippen LogP contribution is 2.34. The summed E-state index contributed by atoms with van der Waals surface area (Å²) in [6.07, 6.45) is 11.7. The lowest BCUT2D eigenvalue weighted by molar-refractivity contribution is -0.148. The normalized spacial score (nSPS) is 16.1. The number of primary amides is 2. The van der Waals surface area contributed by atoms with E-state index in [0.29, 0.717) is 93.3 Å². The molecule has 1 fully saturated rings. The average molecular weight is 1940 g/mol. The van der Waals surface area contributed by atoms with Gasteiger partial charge >= 0.3 is 18.2 Å². The number of benzene rings is 3. The van der Waals surface area contributed by atoms with Crippen LogP contribution in [0.2, 0.25) is 0 Å². The number of urea groups is 2. The average Bonchev–Trinajstić information content (AvgIpc) is 1.74. The molecule has 18 amide bonds. The zero-order valence-corrected chi connectivity index (χ0v) is 83.1. The number of aromatic nitrogens is 1. The molecule has 39 heteroatoms. The van der Waals surface area contributed by atoms with Crippen molar-refractivity contribution in [3.63, 3.8) is 0 Å². The second kappa shape index (κ2) is 58.4. The number of hydrogen-bond donors (Lipinski definition) is 12. The number of nitrogens with one attached hydrogen (secondary N) is 9. The van der Waals surface area contributed by atoms with Gasteiger partial charge in [-0.05, 0) is 141 Å². The highest BCUT2D eigenvalue weighted by atomic mass is 32.1. The first-order chi connectivity index (χ1) is 65.6. The van der Waals surface area contributed by atoms with Crippen molar-refractivity contribution >= 4 is 123 Å². The van der Waals surface area contributed by atoms with Gasteiger partial charge in [0.15, 0.2) is 0 Å². The number of ketones is 1. The van der Waals surface area contributed by atoms with Crippen LogP contribution in [0.25, 0.3) is 0 Å². The fourth-order valence-electron chi connectivity index (χ4n) is 16.9. The molecule has 3 aliphatic heterocycles. The molecule has 4 heterocycles. The van der Waals surface area contributed by atoms with E-state index in [-0.39, 0.29) is 161 Å². The summed E-state index contributed by atoms with van der Waals surface area (Å²) in [5, 5.41) is 36.4. The van der Waals surface area contributed by atoms with E-state index in [0.717, 1.165) is 26.8 Å². The minimum absolute atomic E-state index is 0.0285. The number of likely N-dealkylation sites (N-methyl/N-ethyl adjacent to an activating group) is 2. The van der Waals surface area contributed by atoms with E-state index in [2.05, 4.69) is 65.0 Å². The standard InChI is InChI=1S/C71H105N11O14S.C28H40N6O7/c1-14-46(8)63(55(94-12)41-59(87)81-37-22-26-53(81)64(95-13)47(9)54(83)40-50(68-73-35-38-97-68)39-48-23-17-15-18-24-48)79(10)69(91)61(44(4)5)78-67(90)62(45(6)7)80(11)71(93)96-42-49-28-30-51(31-29-49)75-65(88)52(25-21-34-74-70(72)92)76-66(89)60(43(2)3)77-56(84)27-19-16-20-36-82-57(85)32-33-58(82)86;1-18(2)25(33-22(36)8-4-3-5-16-34-23(37)13-14-24(34)38)27(40)32-21(7-6-15-30-28(29)41)26(39)31-20-11-9-19(17-35)10-12-20/h15,17-18,23-24,28-33,35,38,43-47,50,52-53,55,60-64H,14,16,19-22,25-27,34,36-37,39-42H2,1-13H3,(H,75,88)(H,76,89)(H,77,84)(H,78,90)(H3,72,74,92);9-14,18,21,25,35H,3-8,15-17H2,1-2H3,(H,31,39)(H,32,40)(H,33,36)(H3,29,30,41)/t46-,47-,50+,52-,53-,55+,60-,61-,62-,63-,64+;21-,25-/m00/s1. The second-order valence-electron chi connectivity index (χ2n) is 36.6. The zero-order chi connectivity index (χ0) is 102. The maximum Gasteiger partial charge on any atom is 0.410 e. The molecule has 7 rings (SSSR count). The molecule has 0 bridgehead atoms. The number of likely N-dealkylation sites (tertiary alicyclic amines) is 1. The number of carbonyl (C=O) groups excluding carboxylic acids is 17. The number of aliphatic hydroxyl groups is 1. The van der Waals surface area contributed by atoms with Gasteiger partial charge in [0.2, 0.25) is 53.2 Å². The molecule has 0 unspecified atom stereocenters.